The molecule has 2 heterocycles. The average molecular weight is 285 g/mol. The van der Waals surface area contributed by atoms with Crippen molar-refractivity contribution < 1.29 is 13.2 Å². The summed E-state index contributed by atoms with van der Waals surface area (Å²) in [6.45, 7) is 3.73. The zero-order chi connectivity index (χ0) is 13.5. The second-order valence-corrected chi connectivity index (χ2v) is 7.23. The van der Waals surface area contributed by atoms with Gasteiger partial charge in [0.15, 0.2) is 5.03 Å². The third kappa shape index (κ3) is 2.68. The van der Waals surface area contributed by atoms with Crippen molar-refractivity contribution in [3.63, 3.8) is 0 Å². The van der Waals surface area contributed by atoms with Crippen LogP contribution in [0.5, 0.6) is 0 Å². The van der Waals surface area contributed by atoms with Crippen LogP contribution >= 0.6 is 0 Å². The molecule has 0 amide bonds. The van der Waals surface area contributed by atoms with Gasteiger partial charge in [-0.05, 0) is 32.1 Å². The molecule has 0 spiro atoms. The molecule has 1 aromatic rings. The minimum absolute atomic E-state index is 0.161. The number of nitrogens with one attached hydrogen (secondary N) is 1. The lowest BCUT2D eigenvalue weighted by molar-refractivity contribution is 0.180. The molecule has 1 unspecified atom stereocenters. The maximum absolute atomic E-state index is 12.6. The first-order valence-corrected chi connectivity index (χ1v) is 8.12. The molecule has 1 aromatic heterocycles. The summed E-state index contributed by atoms with van der Waals surface area (Å²) >= 11 is 0. The number of aromatic amines is 1. The van der Waals surface area contributed by atoms with Gasteiger partial charge in [-0.25, -0.2) is 13.4 Å². The van der Waals surface area contributed by atoms with E-state index >= 15 is 0 Å². The van der Waals surface area contributed by atoms with Gasteiger partial charge >= 0.3 is 0 Å². The number of nitrogens with zero attached hydrogens (tertiary/aromatic N) is 2. The van der Waals surface area contributed by atoms with Crippen LogP contribution < -0.4 is 0 Å². The van der Waals surface area contributed by atoms with E-state index in [4.69, 9.17) is 4.74 Å². The number of ether oxygens (including phenoxy) is 1. The summed E-state index contributed by atoms with van der Waals surface area (Å²) in [5.74, 6) is 0.943. The summed E-state index contributed by atoms with van der Waals surface area (Å²) in [6, 6.07) is 0.161. The van der Waals surface area contributed by atoms with E-state index in [1.54, 1.807) is 11.2 Å². The van der Waals surface area contributed by atoms with E-state index in [9.17, 15) is 8.42 Å². The molecule has 1 N–H and O–H groups in total. The molecule has 1 aliphatic heterocycles. The quantitative estimate of drug-likeness (QED) is 0.872. The highest BCUT2D eigenvalue weighted by molar-refractivity contribution is 7.89. The second-order valence-electron chi connectivity index (χ2n) is 5.37. The molecule has 6 nitrogen and oxygen atoms in total. The second kappa shape index (κ2) is 4.88. The van der Waals surface area contributed by atoms with Gasteiger partial charge in [-0.15, -0.1) is 0 Å². The summed E-state index contributed by atoms with van der Waals surface area (Å²) in [7, 11) is -3.44. The molecule has 1 aliphatic carbocycles. The summed E-state index contributed by atoms with van der Waals surface area (Å²) in [4.78, 5) is 6.82. The van der Waals surface area contributed by atoms with Gasteiger partial charge < -0.3 is 9.72 Å². The third-order valence-corrected chi connectivity index (χ3v) is 5.51. The van der Waals surface area contributed by atoms with Gasteiger partial charge in [0.25, 0.3) is 10.0 Å². The van der Waals surface area contributed by atoms with Gasteiger partial charge in [-0.3, -0.25) is 0 Å². The Balaban J connectivity index is 1.82. The van der Waals surface area contributed by atoms with Crippen LogP contribution in [0.25, 0.3) is 0 Å². The van der Waals surface area contributed by atoms with Crippen LogP contribution in [0.4, 0.5) is 0 Å². The van der Waals surface area contributed by atoms with Gasteiger partial charge in [0, 0.05) is 19.2 Å². The maximum atomic E-state index is 12.6. The van der Waals surface area contributed by atoms with Crippen molar-refractivity contribution in [2.75, 3.05) is 19.8 Å². The molecular formula is C12H19N3O3S. The predicted octanol–water partition coefficient (Wildman–Crippen LogP) is 0.908. The van der Waals surface area contributed by atoms with Crippen molar-refractivity contribution in [3.8, 4) is 0 Å². The zero-order valence-electron chi connectivity index (χ0n) is 11.0. The van der Waals surface area contributed by atoms with Crippen LogP contribution in [0.1, 0.15) is 25.1 Å². The molecule has 19 heavy (non-hydrogen) atoms. The van der Waals surface area contributed by atoms with E-state index in [0.717, 1.165) is 25.9 Å². The van der Waals surface area contributed by atoms with Crippen molar-refractivity contribution in [2.24, 2.45) is 5.92 Å². The van der Waals surface area contributed by atoms with Crippen LogP contribution in [0.15, 0.2) is 11.2 Å². The molecule has 0 bridgehead atoms. The fraction of sp³-hybridized carbons (Fsp3) is 0.750. The Morgan fingerprint density at radius 2 is 2.26 bits per heavy atom. The summed E-state index contributed by atoms with van der Waals surface area (Å²) in [5, 5.41) is 0.204. The predicted molar refractivity (Wildman–Crippen MR) is 69.2 cm³/mol. The molecule has 0 radical (unpaired) electrons. The summed E-state index contributed by atoms with van der Waals surface area (Å²) in [6.07, 6.45) is 4.27. The smallest absolute Gasteiger partial charge is 0.260 e. The van der Waals surface area contributed by atoms with Gasteiger partial charge in [0.2, 0.25) is 0 Å². The Kier molecular flexibility index (Phi) is 3.36. The zero-order valence-corrected chi connectivity index (χ0v) is 11.8. The van der Waals surface area contributed by atoms with Crippen molar-refractivity contribution in [3.05, 3.63) is 12.0 Å². The molecule has 0 aromatic carbocycles. The van der Waals surface area contributed by atoms with Crippen LogP contribution in [-0.4, -0.2) is 48.5 Å². The Hall–Kier alpha value is -0.920. The first-order valence-electron chi connectivity index (χ1n) is 6.68. The molecule has 3 rings (SSSR count). The van der Waals surface area contributed by atoms with Gasteiger partial charge in [0.1, 0.15) is 5.82 Å². The number of aryl methyl sites for hydroxylation is 1. The molecule has 2 fully saturated rings. The highest BCUT2D eigenvalue weighted by Crippen LogP contribution is 2.33. The standard InChI is InChI=1S/C12H19N3O3S/c1-9-13-6-12(14-9)19(16,17)15(11-2-3-11)7-10-4-5-18-8-10/h6,10-11H,2-5,7-8H2,1H3,(H,13,14). The van der Waals surface area contributed by atoms with Gasteiger partial charge in [-0.2, -0.15) is 4.31 Å². The van der Waals surface area contributed by atoms with Crippen molar-refractivity contribution in [2.45, 2.75) is 37.3 Å². The Morgan fingerprint density at radius 3 is 2.79 bits per heavy atom. The van der Waals surface area contributed by atoms with E-state index in [-0.39, 0.29) is 11.1 Å². The molecule has 1 saturated heterocycles. The van der Waals surface area contributed by atoms with Crippen molar-refractivity contribution in [1.82, 2.24) is 14.3 Å². The third-order valence-electron chi connectivity index (χ3n) is 3.68. The highest BCUT2D eigenvalue weighted by atomic mass is 32.2. The Labute approximate surface area is 113 Å². The lowest BCUT2D eigenvalue weighted by Crippen LogP contribution is -2.37. The minimum atomic E-state index is -3.44. The molecule has 2 aliphatic rings. The van der Waals surface area contributed by atoms with E-state index in [2.05, 4.69) is 9.97 Å². The molecular weight excluding hydrogens is 266 g/mol. The van der Waals surface area contributed by atoms with Gasteiger partial charge in [0.05, 0.1) is 12.8 Å². The SMILES string of the molecule is Cc1ncc(S(=O)(=O)N(CC2CCOC2)C2CC2)[nH]1. The van der Waals surface area contributed by atoms with E-state index in [1.165, 1.54) is 6.20 Å². The number of hydrogen-bond donors (Lipinski definition) is 1. The molecule has 7 heteroatoms. The summed E-state index contributed by atoms with van der Waals surface area (Å²) < 4.78 is 32.2. The topological polar surface area (TPSA) is 75.3 Å². The first-order chi connectivity index (χ1) is 9.07. The van der Waals surface area contributed by atoms with E-state index in [1.807, 2.05) is 0 Å². The largest absolute Gasteiger partial charge is 0.381 e. The number of H-pyrrole nitrogens is 1. The minimum Gasteiger partial charge on any atom is -0.381 e. The lowest BCUT2D eigenvalue weighted by atomic mass is 10.1. The Morgan fingerprint density at radius 1 is 1.47 bits per heavy atom. The van der Waals surface area contributed by atoms with E-state index in [0.29, 0.717) is 24.9 Å². The highest BCUT2D eigenvalue weighted by Gasteiger charge is 2.40. The number of rotatable bonds is 5. The first kappa shape index (κ1) is 13.1. The van der Waals surface area contributed by atoms with Crippen molar-refractivity contribution in [1.29, 1.82) is 0 Å². The van der Waals surface area contributed by atoms with Crippen LogP contribution in [0.3, 0.4) is 0 Å². The number of aromatic nitrogens is 2. The van der Waals surface area contributed by atoms with Crippen molar-refractivity contribution >= 4 is 10.0 Å². The maximum Gasteiger partial charge on any atom is 0.260 e. The fourth-order valence-electron chi connectivity index (χ4n) is 2.44. The monoisotopic (exact) mass is 285 g/mol. The number of hydrogen-bond acceptors (Lipinski definition) is 4. The molecule has 1 atom stereocenters. The van der Waals surface area contributed by atoms with Crippen LogP contribution in [0, 0.1) is 12.8 Å². The molecule has 1 saturated carbocycles. The fourth-order valence-corrected chi connectivity index (χ4v) is 4.17. The van der Waals surface area contributed by atoms with Crippen LogP contribution in [0.2, 0.25) is 0 Å². The van der Waals surface area contributed by atoms with Gasteiger partial charge in [-0.1, -0.05) is 0 Å². The van der Waals surface area contributed by atoms with Crippen LogP contribution in [-0.2, 0) is 14.8 Å². The summed E-state index contributed by atoms with van der Waals surface area (Å²) in [5.41, 5.74) is 0. The molecule has 106 valence electrons. The lowest BCUT2D eigenvalue weighted by Gasteiger charge is -2.23. The Bertz CT molecular complexity index is 544. The van der Waals surface area contributed by atoms with E-state index < -0.39 is 10.0 Å². The average Bonchev–Trinajstić information content (AvgIpc) is 2.88. The number of sulfonamides is 1. The normalized spacial score (nSPS) is 24.2. The number of imidazole rings is 1.